The number of carbonyl (C=O) groups excluding carboxylic acids is 2. The topological polar surface area (TPSA) is 67.4 Å². The fraction of sp³-hybridized carbons (Fsp3) is 0.100. The number of hydrogen-bond acceptors (Lipinski definition) is 3. The maximum Gasteiger partial charge on any atom is 0.262 e. The van der Waals surface area contributed by atoms with Crippen LogP contribution < -0.4 is 15.4 Å². The molecule has 0 unspecified atom stereocenters. The van der Waals surface area contributed by atoms with Crippen LogP contribution >= 0.6 is 0 Å². The van der Waals surface area contributed by atoms with Crippen molar-refractivity contribution in [3.8, 4) is 5.75 Å². The van der Waals surface area contributed by atoms with Crippen LogP contribution in [0.2, 0.25) is 0 Å². The minimum absolute atomic E-state index is 0.153. The van der Waals surface area contributed by atoms with Gasteiger partial charge in [0.15, 0.2) is 6.61 Å². The number of para-hydroxylation sites is 2. The molecule has 5 heteroatoms. The number of rotatable bonds is 5. The second-order valence-electron chi connectivity index (χ2n) is 5.54. The zero-order chi connectivity index (χ0) is 17.6. The fourth-order valence-electron chi connectivity index (χ4n) is 2.55. The summed E-state index contributed by atoms with van der Waals surface area (Å²) >= 11 is 0. The van der Waals surface area contributed by atoms with Crippen molar-refractivity contribution in [3.05, 3.63) is 66.7 Å². The molecule has 0 spiro atoms. The molecule has 5 nitrogen and oxygen atoms in total. The van der Waals surface area contributed by atoms with E-state index < -0.39 is 0 Å². The van der Waals surface area contributed by atoms with Crippen molar-refractivity contribution in [2.24, 2.45) is 0 Å². The van der Waals surface area contributed by atoms with Gasteiger partial charge in [-0.1, -0.05) is 48.5 Å². The van der Waals surface area contributed by atoms with Crippen LogP contribution in [0.3, 0.4) is 0 Å². The van der Waals surface area contributed by atoms with Crippen molar-refractivity contribution in [2.45, 2.75) is 6.92 Å². The molecule has 126 valence electrons. The van der Waals surface area contributed by atoms with Crippen LogP contribution in [0.4, 0.5) is 11.4 Å². The number of fused-ring (bicyclic) bond motifs is 1. The van der Waals surface area contributed by atoms with Crippen LogP contribution in [-0.4, -0.2) is 18.4 Å². The first-order valence-electron chi connectivity index (χ1n) is 7.90. The number of ether oxygens (including phenoxy) is 1. The van der Waals surface area contributed by atoms with E-state index >= 15 is 0 Å². The van der Waals surface area contributed by atoms with Crippen LogP contribution in [-0.2, 0) is 9.59 Å². The third-order valence-corrected chi connectivity index (χ3v) is 3.62. The van der Waals surface area contributed by atoms with Gasteiger partial charge in [0.2, 0.25) is 5.91 Å². The third-order valence-electron chi connectivity index (χ3n) is 3.62. The van der Waals surface area contributed by atoms with E-state index in [1.165, 1.54) is 6.92 Å². The molecule has 0 aliphatic carbocycles. The van der Waals surface area contributed by atoms with Crippen molar-refractivity contribution >= 4 is 34.0 Å². The maximum absolute atomic E-state index is 12.2. The Labute approximate surface area is 145 Å². The van der Waals surface area contributed by atoms with E-state index in [0.717, 1.165) is 16.5 Å². The van der Waals surface area contributed by atoms with Gasteiger partial charge in [-0.15, -0.1) is 0 Å². The number of nitrogens with one attached hydrogen (secondary N) is 2. The van der Waals surface area contributed by atoms with E-state index in [4.69, 9.17) is 4.74 Å². The molecule has 2 amide bonds. The average molecular weight is 334 g/mol. The van der Waals surface area contributed by atoms with Gasteiger partial charge in [0, 0.05) is 18.0 Å². The second kappa shape index (κ2) is 7.49. The molecule has 0 aliphatic heterocycles. The quantitative estimate of drug-likeness (QED) is 0.745. The average Bonchev–Trinajstić information content (AvgIpc) is 2.61. The summed E-state index contributed by atoms with van der Waals surface area (Å²) in [5.74, 6) is -0.0176. The Kier molecular flexibility index (Phi) is 4.95. The first-order valence-corrected chi connectivity index (χ1v) is 7.90. The van der Waals surface area contributed by atoms with Gasteiger partial charge in [0.1, 0.15) is 5.75 Å². The summed E-state index contributed by atoms with van der Waals surface area (Å²) in [7, 11) is 0. The lowest BCUT2D eigenvalue weighted by molar-refractivity contribution is -0.118. The summed E-state index contributed by atoms with van der Waals surface area (Å²) < 4.78 is 5.56. The van der Waals surface area contributed by atoms with Gasteiger partial charge in [0.05, 0.1) is 5.69 Å². The normalized spacial score (nSPS) is 10.3. The summed E-state index contributed by atoms with van der Waals surface area (Å²) in [5.41, 5.74) is 1.27. The Bertz CT molecular complexity index is 916. The fourth-order valence-corrected chi connectivity index (χ4v) is 2.55. The Balaban J connectivity index is 1.68. The van der Waals surface area contributed by atoms with Gasteiger partial charge in [0.25, 0.3) is 5.91 Å². The summed E-state index contributed by atoms with van der Waals surface area (Å²) in [6.07, 6.45) is 0. The molecule has 0 bridgehead atoms. The SMILES string of the molecule is CC(=O)Nc1ccccc1OCC(=O)Nc1cccc2ccccc12. The van der Waals surface area contributed by atoms with Crippen molar-refractivity contribution in [1.82, 2.24) is 0 Å². The van der Waals surface area contributed by atoms with Crippen LogP contribution in [0.1, 0.15) is 6.92 Å². The monoisotopic (exact) mass is 334 g/mol. The Morgan fingerprint density at radius 3 is 2.36 bits per heavy atom. The molecule has 0 saturated heterocycles. The lowest BCUT2D eigenvalue weighted by Gasteiger charge is -2.12. The number of benzene rings is 3. The molecule has 0 radical (unpaired) electrons. The standard InChI is InChI=1S/C20H18N2O3/c1-14(23)21-18-10-4-5-12-19(18)25-13-20(24)22-17-11-6-8-15-7-2-3-9-16(15)17/h2-12H,13H2,1H3,(H,21,23)(H,22,24). The number of anilines is 2. The van der Waals surface area contributed by atoms with Gasteiger partial charge in [-0.25, -0.2) is 0 Å². The molecule has 3 aromatic rings. The highest BCUT2D eigenvalue weighted by Gasteiger charge is 2.09. The summed E-state index contributed by atoms with van der Waals surface area (Å²) in [5, 5.41) is 7.56. The molecule has 3 rings (SSSR count). The minimum atomic E-state index is -0.269. The molecule has 0 aliphatic rings. The van der Waals surface area contributed by atoms with Crippen LogP contribution in [0.15, 0.2) is 66.7 Å². The van der Waals surface area contributed by atoms with E-state index in [0.29, 0.717) is 11.4 Å². The van der Waals surface area contributed by atoms with Crippen molar-refractivity contribution in [3.63, 3.8) is 0 Å². The first-order chi connectivity index (χ1) is 12.1. The smallest absolute Gasteiger partial charge is 0.262 e. The predicted molar refractivity (Wildman–Crippen MR) is 98.8 cm³/mol. The maximum atomic E-state index is 12.2. The van der Waals surface area contributed by atoms with Gasteiger partial charge in [-0.05, 0) is 23.6 Å². The van der Waals surface area contributed by atoms with Crippen LogP contribution in [0, 0.1) is 0 Å². The first kappa shape index (κ1) is 16.5. The summed E-state index contributed by atoms with van der Waals surface area (Å²) in [6.45, 7) is 1.27. The van der Waals surface area contributed by atoms with Gasteiger partial charge in [-0.3, -0.25) is 9.59 Å². The second-order valence-corrected chi connectivity index (χ2v) is 5.54. The van der Waals surface area contributed by atoms with Crippen LogP contribution in [0.25, 0.3) is 10.8 Å². The summed E-state index contributed by atoms with van der Waals surface area (Å²) in [6, 6.07) is 20.6. The lowest BCUT2D eigenvalue weighted by atomic mass is 10.1. The molecule has 2 N–H and O–H groups in total. The third kappa shape index (κ3) is 4.14. The minimum Gasteiger partial charge on any atom is -0.482 e. The number of amides is 2. The number of carbonyl (C=O) groups is 2. The zero-order valence-corrected chi connectivity index (χ0v) is 13.8. The van der Waals surface area contributed by atoms with Gasteiger partial charge < -0.3 is 15.4 Å². The van der Waals surface area contributed by atoms with Crippen molar-refractivity contribution in [2.75, 3.05) is 17.2 Å². The molecule has 0 fully saturated rings. The molecule has 25 heavy (non-hydrogen) atoms. The van der Waals surface area contributed by atoms with E-state index in [9.17, 15) is 9.59 Å². The predicted octanol–water partition coefficient (Wildman–Crippen LogP) is 3.82. The van der Waals surface area contributed by atoms with E-state index in [2.05, 4.69) is 10.6 Å². The molecule has 0 atom stereocenters. The van der Waals surface area contributed by atoms with E-state index in [1.54, 1.807) is 24.3 Å². The van der Waals surface area contributed by atoms with Crippen LogP contribution in [0.5, 0.6) is 5.75 Å². The van der Waals surface area contributed by atoms with E-state index in [-0.39, 0.29) is 18.4 Å². The van der Waals surface area contributed by atoms with Crippen molar-refractivity contribution in [1.29, 1.82) is 0 Å². The van der Waals surface area contributed by atoms with Crippen molar-refractivity contribution < 1.29 is 14.3 Å². The Morgan fingerprint density at radius 2 is 1.52 bits per heavy atom. The Hall–Kier alpha value is -3.34. The summed E-state index contributed by atoms with van der Waals surface area (Å²) in [4.78, 5) is 23.5. The highest BCUT2D eigenvalue weighted by atomic mass is 16.5. The highest BCUT2D eigenvalue weighted by molar-refractivity contribution is 6.02. The molecule has 3 aromatic carbocycles. The van der Waals surface area contributed by atoms with Gasteiger partial charge in [-0.2, -0.15) is 0 Å². The van der Waals surface area contributed by atoms with E-state index in [1.807, 2.05) is 42.5 Å². The molecule has 0 aromatic heterocycles. The molecular weight excluding hydrogens is 316 g/mol. The molecule has 0 saturated carbocycles. The zero-order valence-electron chi connectivity index (χ0n) is 13.8. The molecule has 0 heterocycles. The molecular formula is C20H18N2O3. The lowest BCUT2D eigenvalue weighted by Crippen LogP contribution is -2.20. The Morgan fingerprint density at radius 1 is 0.840 bits per heavy atom. The largest absolute Gasteiger partial charge is 0.482 e. The highest BCUT2D eigenvalue weighted by Crippen LogP contribution is 2.25. The van der Waals surface area contributed by atoms with Gasteiger partial charge >= 0.3 is 0 Å². The number of hydrogen-bond donors (Lipinski definition) is 2.